The first kappa shape index (κ1) is 12.5. The summed E-state index contributed by atoms with van der Waals surface area (Å²) in [7, 11) is -3.23. The van der Waals surface area contributed by atoms with Gasteiger partial charge in [0.05, 0.1) is 12.1 Å². The zero-order valence-electron chi connectivity index (χ0n) is 9.62. The van der Waals surface area contributed by atoms with Gasteiger partial charge in [0.15, 0.2) is 15.7 Å². The number of hydrogen-bond acceptors (Lipinski definition) is 7. The van der Waals surface area contributed by atoms with E-state index in [-0.39, 0.29) is 11.9 Å². The molecule has 1 aromatic heterocycles. The van der Waals surface area contributed by atoms with Crippen molar-refractivity contribution in [2.75, 3.05) is 12.8 Å². The summed E-state index contributed by atoms with van der Waals surface area (Å²) in [5, 5.41) is 15.3. The maximum Gasteiger partial charge on any atom is 0.243 e. The van der Waals surface area contributed by atoms with E-state index in [9.17, 15) is 13.5 Å². The number of aliphatic hydroxyl groups is 1. The fourth-order valence-electron chi connectivity index (χ4n) is 1.65. The molecule has 8 heteroatoms. The molecule has 0 radical (unpaired) electrons. The summed E-state index contributed by atoms with van der Waals surface area (Å²) in [4.78, 5) is 4.06. The Morgan fingerprint density at radius 1 is 1.59 bits per heavy atom. The highest BCUT2D eigenvalue weighted by molar-refractivity contribution is 7.90. The summed E-state index contributed by atoms with van der Waals surface area (Å²) in [6, 6.07) is -0.196. The number of nitrogens with one attached hydrogen (secondary N) is 1. The summed E-state index contributed by atoms with van der Waals surface area (Å²) >= 11 is 0. The van der Waals surface area contributed by atoms with E-state index in [1.54, 1.807) is 0 Å². The first-order valence-corrected chi connectivity index (χ1v) is 7.27. The van der Waals surface area contributed by atoms with Gasteiger partial charge in [0, 0.05) is 12.8 Å². The Labute approximate surface area is 99.1 Å². The average molecular weight is 261 g/mol. The third kappa shape index (κ3) is 2.64. The van der Waals surface area contributed by atoms with Crippen LogP contribution in [-0.4, -0.2) is 42.6 Å². The Bertz CT molecular complexity index is 498. The van der Waals surface area contributed by atoms with Crippen LogP contribution in [0.25, 0.3) is 0 Å². The molecule has 1 aliphatic heterocycles. The van der Waals surface area contributed by atoms with E-state index in [1.165, 1.54) is 6.92 Å². The summed E-state index contributed by atoms with van der Waals surface area (Å²) < 4.78 is 27.7. The largest absolute Gasteiger partial charge is 0.392 e. The quantitative estimate of drug-likeness (QED) is 0.760. The molecule has 1 aromatic rings. The van der Waals surface area contributed by atoms with Crippen molar-refractivity contribution in [2.45, 2.75) is 30.7 Å². The average Bonchev–Trinajstić information content (AvgIpc) is 2.83. The molecule has 2 N–H and O–H groups in total. The standard InChI is InChI=1S/C9H15N3O4S/c1-5(17(2,14)15)8-11-9(16-12-8)7-3-6(13)4-10-7/h5-7,10,13H,3-4H2,1-2H3/t5?,6-,7-/m1/s1. The molecule has 1 aliphatic rings. The Morgan fingerprint density at radius 2 is 2.29 bits per heavy atom. The van der Waals surface area contributed by atoms with Crippen LogP contribution >= 0.6 is 0 Å². The zero-order valence-corrected chi connectivity index (χ0v) is 10.4. The second-order valence-electron chi connectivity index (χ2n) is 4.31. The third-order valence-electron chi connectivity index (χ3n) is 2.87. The molecule has 3 atom stereocenters. The van der Waals surface area contributed by atoms with Gasteiger partial charge in [-0.3, -0.25) is 0 Å². The van der Waals surface area contributed by atoms with E-state index in [0.717, 1.165) is 6.26 Å². The molecule has 0 saturated carbocycles. The van der Waals surface area contributed by atoms with Crippen molar-refractivity contribution in [3.8, 4) is 0 Å². The van der Waals surface area contributed by atoms with Gasteiger partial charge in [-0.1, -0.05) is 5.16 Å². The monoisotopic (exact) mass is 261 g/mol. The van der Waals surface area contributed by atoms with Gasteiger partial charge in [-0.25, -0.2) is 8.42 Å². The predicted octanol–water partition coefficient (Wildman–Crippen LogP) is -0.429. The highest BCUT2D eigenvalue weighted by atomic mass is 32.2. The van der Waals surface area contributed by atoms with Gasteiger partial charge in [-0.2, -0.15) is 4.98 Å². The number of aromatic nitrogens is 2. The van der Waals surface area contributed by atoms with Crippen LogP contribution in [0.3, 0.4) is 0 Å². The molecule has 96 valence electrons. The number of hydrogen-bond donors (Lipinski definition) is 2. The van der Waals surface area contributed by atoms with E-state index >= 15 is 0 Å². The van der Waals surface area contributed by atoms with E-state index < -0.39 is 21.2 Å². The highest BCUT2D eigenvalue weighted by Gasteiger charge is 2.30. The summed E-state index contributed by atoms with van der Waals surface area (Å²) in [5.41, 5.74) is 0. The van der Waals surface area contributed by atoms with Gasteiger partial charge < -0.3 is 14.9 Å². The van der Waals surface area contributed by atoms with Crippen LogP contribution in [0.4, 0.5) is 0 Å². The first-order valence-electron chi connectivity index (χ1n) is 5.31. The van der Waals surface area contributed by atoms with Crippen molar-refractivity contribution < 1.29 is 18.0 Å². The van der Waals surface area contributed by atoms with Crippen molar-refractivity contribution in [2.24, 2.45) is 0 Å². The van der Waals surface area contributed by atoms with Gasteiger partial charge in [0.1, 0.15) is 5.25 Å². The first-order chi connectivity index (χ1) is 7.88. The Morgan fingerprint density at radius 3 is 2.82 bits per heavy atom. The number of β-amino-alcohol motifs (C(OH)–C–C–N with tert-alkyl or cyclic N) is 1. The molecule has 0 spiro atoms. The lowest BCUT2D eigenvalue weighted by atomic mass is 10.2. The molecular weight excluding hydrogens is 246 g/mol. The summed E-state index contributed by atoms with van der Waals surface area (Å²) in [5.74, 6) is 0.484. The van der Waals surface area contributed by atoms with Gasteiger partial charge in [-0.15, -0.1) is 0 Å². The van der Waals surface area contributed by atoms with Crippen LogP contribution in [0.15, 0.2) is 4.52 Å². The highest BCUT2D eigenvalue weighted by Crippen LogP contribution is 2.24. The topological polar surface area (TPSA) is 105 Å². The second kappa shape index (κ2) is 4.35. The molecule has 1 saturated heterocycles. The SMILES string of the molecule is CC(c1noc([C@H]2C[C@@H](O)CN2)n1)S(C)(=O)=O. The van der Waals surface area contributed by atoms with Gasteiger partial charge in [0.2, 0.25) is 5.89 Å². The van der Waals surface area contributed by atoms with Crippen LogP contribution in [0.2, 0.25) is 0 Å². The Balaban J connectivity index is 2.16. The van der Waals surface area contributed by atoms with Crippen molar-refractivity contribution >= 4 is 9.84 Å². The number of rotatable bonds is 3. The molecule has 17 heavy (non-hydrogen) atoms. The van der Waals surface area contributed by atoms with Gasteiger partial charge in [0.25, 0.3) is 0 Å². The summed E-state index contributed by atoms with van der Waals surface area (Å²) in [6.07, 6.45) is 1.20. The molecule has 2 rings (SSSR count). The van der Waals surface area contributed by atoms with E-state index in [0.29, 0.717) is 18.9 Å². The number of nitrogens with zero attached hydrogens (tertiary/aromatic N) is 2. The molecule has 0 amide bonds. The molecule has 0 aliphatic carbocycles. The maximum atomic E-state index is 11.3. The van der Waals surface area contributed by atoms with Crippen LogP contribution < -0.4 is 5.32 Å². The molecule has 2 heterocycles. The van der Waals surface area contributed by atoms with Crippen LogP contribution in [0.5, 0.6) is 0 Å². The van der Waals surface area contributed by atoms with Crippen LogP contribution in [0, 0.1) is 0 Å². The normalized spacial score (nSPS) is 27.2. The van der Waals surface area contributed by atoms with Crippen molar-refractivity contribution in [3.63, 3.8) is 0 Å². The number of aliphatic hydroxyl groups excluding tert-OH is 1. The fraction of sp³-hybridized carbons (Fsp3) is 0.778. The predicted molar refractivity (Wildman–Crippen MR) is 58.9 cm³/mol. The molecule has 7 nitrogen and oxygen atoms in total. The van der Waals surface area contributed by atoms with Crippen molar-refractivity contribution in [3.05, 3.63) is 11.7 Å². The Kier molecular flexibility index (Phi) is 3.19. The second-order valence-corrected chi connectivity index (χ2v) is 6.68. The van der Waals surface area contributed by atoms with E-state index in [2.05, 4.69) is 15.5 Å². The minimum atomic E-state index is -3.23. The maximum absolute atomic E-state index is 11.3. The molecule has 1 fully saturated rings. The number of sulfone groups is 1. The Hall–Kier alpha value is -0.990. The van der Waals surface area contributed by atoms with E-state index in [4.69, 9.17) is 4.52 Å². The van der Waals surface area contributed by atoms with Crippen LogP contribution in [-0.2, 0) is 9.84 Å². The molecule has 1 unspecified atom stereocenters. The minimum absolute atomic E-state index is 0.158. The lowest BCUT2D eigenvalue weighted by molar-refractivity contribution is 0.191. The minimum Gasteiger partial charge on any atom is -0.392 e. The lowest BCUT2D eigenvalue weighted by Crippen LogP contribution is -2.15. The molecule has 0 bridgehead atoms. The smallest absolute Gasteiger partial charge is 0.243 e. The van der Waals surface area contributed by atoms with Gasteiger partial charge in [-0.05, 0) is 13.3 Å². The third-order valence-corrected chi connectivity index (χ3v) is 4.36. The zero-order chi connectivity index (χ0) is 12.6. The fourth-order valence-corrected chi connectivity index (χ4v) is 2.13. The summed E-state index contributed by atoms with van der Waals surface area (Å²) in [6.45, 7) is 1.99. The van der Waals surface area contributed by atoms with Crippen molar-refractivity contribution in [1.82, 2.24) is 15.5 Å². The van der Waals surface area contributed by atoms with Crippen LogP contribution in [0.1, 0.15) is 36.4 Å². The van der Waals surface area contributed by atoms with Gasteiger partial charge >= 0.3 is 0 Å². The molecule has 0 aromatic carbocycles. The lowest BCUT2D eigenvalue weighted by Gasteiger charge is -2.03. The van der Waals surface area contributed by atoms with Crippen molar-refractivity contribution in [1.29, 1.82) is 0 Å². The van der Waals surface area contributed by atoms with E-state index in [1.807, 2.05) is 0 Å². The molecular formula is C9H15N3O4S.